The summed E-state index contributed by atoms with van der Waals surface area (Å²) in [4.78, 5) is 19.6. The molecule has 0 bridgehead atoms. The van der Waals surface area contributed by atoms with E-state index in [2.05, 4.69) is 24.9 Å². The van der Waals surface area contributed by atoms with E-state index in [9.17, 15) is 4.79 Å². The van der Waals surface area contributed by atoms with E-state index in [1.54, 1.807) is 16.2 Å². The van der Waals surface area contributed by atoms with Gasteiger partial charge in [0.15, 0.2) is 5.82 Å². The highest BCUT2D eigenvalue weighted by Gasteiger charge is 2.18. The number of thiophene rings is 1. The van der Waals surface area contributed by atoms with Gasteiger partial charge in [0, 0.05) is 32.9 Å². The molecule has 4 rings (SSSR count). The molecule has 0 fully saturated rings. The van der Waals surface area contributed by atoms with Gasteiger partial charge in [0.05, 0.1) is 11.4 Å². The molecule has 3 aromatic rings. The van der Waals surface area contributed by atoms with Crippen LogP contribution in [0.1, 0.15) is 49.6 Å². The van der Waals surface area contributed by atoms with Gasteiger partial charge in [0.25, 0.3) is 0 Å². The van der Waals surface area contributed by atoms with Gasteiger partial charge >= 0.3 is 0 Å². The number of hydrogen-bond donors (Lipinski definition) is 0. The van der Waals surface area contributed by atoms with E-state index in [0.717, 1.165) is 42.3 Å². The molecule has 0 aromatic carbocycles. The highest BCUT2D eigenvalue weighted by Crippen LogP contribution is 2.21. The highest BCUT2D eigenvalue weighted by atomic mass is 32.1. The van der Waals surface area contributed by atoms with Gasteiger partial charge in [-0.05, 0) is 30.7 Å². The summed E-state index contributed by atoms with van der Waals surface area (Å²) in [5.74, 6) is 3.20. The second kappa shape index (κ2) is 8.64. The normalized spacial score (nSPS) is 13.9. The lowest BCUT2D eigenvalue weighted by atomic mass is 10.2. The van der Waals surface area contributed by atoms with Crippen molar-refractivity contribution in [2.45, 2.75) is 58.0 Å². The van der Waals surface area contributed by atoms with Crippen molar-refractivity contribution in [2.75, 3.05) is 7.05 Å². The van der Waals surface area contributed by atoms with Gasteiger partial charge in [-0.15, -0.1) is 21.5 Å². The molecule has 0 atom stereocenters. The van der Waals surface area contributed by atoms with Crippen molar-refractivity contribution in [1.82, 2.24) is 29.8 Å². The van der Waals surface area contributed by atoms with E-state index in [0.29, 0.717) is 37.5 Å². The molecule has 0 aliphatic carbocycles. The fourth-order valence-corrected chi connectivity index (χ4v) is 4.06. The standard InChI is InChI=1S/C19H24N6O2S/c1-24(13-16-22-21-15-8-3-2-4-11-25(15)16)18(26)10-5-9-17-20-19(23-27-17)14-7-6-12-28-14/h6-7,12H,2-5,8-11,13H2,1H3. The molecule has 148 valence electrons. The first-order valence-electron chi connectivity index (χ1n) is 9.72. The van der Waals surface area contributed by atoms with Crippen LogP contribution in [0, 0.1) is 0 Å². The average Bonchev–Trinajstić information content (AvgIpc) is 3.41. The molecule has 0 spiro atoms. The van der Waals surface area contributed by atoms with Crippen LogP contribution in [0.4, 0.5) is 0 Å². The second-order valence-corrected chi connectivity index (χ2v) is 8.03. The van der Waals surface area contributed by atoms with Gasteiger partial charge in [-0.25, -0.2) is 0 Å². The molecule has 1 aliphatic heterocycles. The van der Waals surface area contributed by atoms with Crippen molar-refractivity contribution in [2.24, 2.45) is 0 Å². The van der Waals surface area contributed by atoms with Crippen LogP contribution in [0.2, 0.25) is 0 Å². The van der Waals surface area contributed by atoms with Gasteiger partial charge < -0.3 is 14.0 Å². The van der Waals surface area contributed by atoms with Gasteiger partial charge in [-0.3, -0.25) is 4.79 Å². The summed E-state index contributed by atoms with van der Waals surface area (Å²) in [7, 11) is 1.82. The number of rotatable bonds is 7. The molecule has 1 amide bonds. The third-order valence-corrected chi connectivity index (χ3v) is 5.85. The smallest absolute Gasteiger partial charge is 0.226 e. The summed E-state index contributed by atoms with van der Waals surface area (Å²) >= 11 is 1.58. The maximum atomic E-state index is 12.5. The lowest BCUT2D eigenvalue weighted by molar-refractivity contribution is -0.130. The summed E-state index contributed by atoms with van der Waals surface area (Å²) in [6.07, 6.45) is 6.22. The number of nitrogens with zero attached hydrogens (tertiary/aromatic N) is 6. The van der Waals surface area contributed by atoms with Crippen LogP contribution in [-0.2, 0) is 30.7 Å². The number of carbonyl (C=O) groups is 1. The zero-order valence-corrected chi connectivity index (χ0v) is 16.8. The van der Waals surface area contributed by atoms with E-state index in [1.807, 2.05) is 24.6 Å². The van der Waals surface area contributed by atoms with Gasteiger partial charge in [-0.1, -0.05) is 17.6 Å². The largest absolute Gasteiger partial charge is 0.339 e. The summed E-state index contributed by atoms with van der Waals surface area (Å²) in [5, 5.41) is 14.6. The number of carbonyl (C=O) groups excluding carboxylic acids is 1. The molecule has 0 N–H and O–H groups in total. The van der Waals surface area contributed by atoms with Crippen molar-refractivity contribution < 1.29 is 9.32 Å². The van der Waals surface area contributed by atoms with Gasteiger partial charge in [0.1, 0.15) is 5.82 Å². The Morgan fingerprint density at radius 3 is 3.11 bits per heavy atom. The van der Waals surface area contributed by atoms with Gasteiger partial charge in [-0.2, -0.15) is 4.98 Å². The molecule has 0 radical (unpaired) electrons. The molecular formula is C19H24N6O2S. The number of amides is 1. The van der Waals surface area contributed by atoms with Crippen molar-refractivity contribution >= 4 is 17.2 Å². The third kappa shape index (κ3) is 4.30. The summed E-state index contributed by atoms with van der Waals surface area (Å²) < 4.78 is 7.47. The number of fused-ring (bicyclic) bond motifs is 1. The fourth-order valence-electron chi connectivity index (χ4n) is 3.41. The topological polar surface area (TPSA) is 89.9 Å². The monoisotopic (exact) mass is 400 g/mol. The molecule has 1 aliphatic rings. The van der Waals surface area contributed by atoms with Crippen LogP contribution in [0.3, 0.4) is 0 Å². The Balaban J connectivity index is 1.27. The maximum Gasteiger partial charge on any atom is 0.226 e. The predicted octanol–water partition coefficient (Wildman–Crippen LogP) is 3.10. The van der Waals surface area contributed by atoms with Crippen LogP contribution < -0.4 is 0 Å². The van der Waals surface area contributed by atoms with Crippen molar-refractivity contribution in [3.05, 3.63) is 35.1 Å². The molecular weight excluding hydrogens is 376 g/mol. The van der Waals surface area contributed by atoms with Crippen molar-refractivity contribution in [3.63, 3.8) is 0 Å². The zero-order valence-electron chi connectivity index (χ0n) is 16.0. The Morgan fingerprint density at radius 2 is 2.25 bits per heavy atom. The lowest BCUT2D eigenvalue weighted by Gasteiger charge is -2.17. The van der Waals surface area contributed by atoms with Crippen LogP contribution in [0.5, 0.6) is 0 Å². The average molecular weight is 401 g/mol. The molecule has 28 heavy (non-hydrogen) atoms. The highest BCUT2D eigenvalue weighted by molar-refractivity contribution is 7.13. The molecule has 4 heterocycles. The maximum absolute atomic E-state index is 12.5. The minimum Gasteiger partial charge on any atom is -0.339 e. The predicted molar refractivity (Wildman–Crippen MR) is 105 cm³/mol. The molecule has 0 unspecified atom stereocenters. The molecule has 8 nitrogen and oxygen atoms in total. The summed E-state index contributed by atoms with van der Waals surface area (Å²) in [5.41, 5.74) is 0. The SMILES string of the molecule is CN(Cc1nnc2n1CCCCC2)C(=O)CCCc1nc(-c2cccs2)no1. The minimum atomic E-state index is 0.0870. The molecule has 0 saturated heterocycles. The minimum absolute atomic E-state index is 0.0870. The first kappa shape index (κ1) is 18.8. The van der Waals surface area contributed by atoms with E-state index >= 15 is 0 Å². The quantitative estimate of drug-likeness (QED) is 0.605. The van der Waals surface area contributed by atoms with Crippen LogP contribution in [0.15, 0.2) is 22.0 Å². The Hall–Kier alpha value is -2.55. The van der Waals surface area contributed by atoms with Crippen molar-refractivity contribution in [3.8, 4) is 10.7 Å². The first-order chi connectivity index (χ1) is 13.7. The number of aromatic nitrogens is 5. The Labute approximate surface area is 167 Å². The number of aryl methyl sites for hydroxylation is 2. The molecule has 9 heteroatoms. The Bertz CT molecular complexity index is 917. The number of hydrogen-bond acceptors (Lipinski definition) is 7. The van der Waals surface area contributed by atoms with Crippen LogP contribution in [-0.4, -0.2) is 42.8 Å². The van der Waals surface area contributed by atoms with Crippen LogP contribution >= 0.6 is 11.3 Å². The van der Waals surface area contributed by atoms with Crippen molar-refractivity contribution in [1.29, 1.82) is 0 Å². The third-order valence-electron chi connectivity index (χ3n) is 4.98. The molecule has 3 aromatic heterocycles. The molecule has 0 saturated carbocycles. The lowest BCUT2D eigenvalue weighted by Crippen LogP contribution is -2.27. The summed E-state index contributed by atoms with van der Waals surface area (Å²) in [6.45, 7) is 1.44. The fraction of sp³-hybridized carbons (Fsp3) is 0.526. The van der Waals surface area contributed by atoms with E-state index < -0.39 is 0 Å². The zero-order chi connectivity index (χ0) is 19.3. The van der Waals surface area contributed by atoms with E-state index in [-0.39, 0.29) is 5.91 Å². The van der Waals surface area contributed by atoms with Gasteiger partial charge in [0.2, 0.25) is 17.6 Å². The van der Waals surface area contributed by atoms with Crippen LogP contribution in [0.25, 0.3) is 10.7 Å². The Morgan fingerprint density at radius 1 is 1.32 bits per heavy atom. The second-order valence-electron chi connectivity index (χ2n) is 7.09. The summed E-state index contributed by atoms with van der Waals surface area (Å²) in [6, 6.07) is 3.92. The van der Waals surface area contributed by atoms with E-state index in [4.69, 9.17) is 4.52 Å². The first-order valence-corrected chi connectivity index (χ1v) is 10.6. The van der Waals surface area contributed by atoms with E-state index in [1.165, 1.54) is 6.42 Å². The Kier molecular flexibility index (Phi) is 5.80.